The molecule has 2 rings (SSSR count). The predicted molar refractivity (Wildman–Crippen MR) is 87.6 cm³/mol. The van der Waals surface area contributed by atoms with Crippen LogP contribution in [0, 0.1) is 0 Å². The minimum Gasteiger partial charge on any atom is -0.306 e. The molecule has 19 heavy (non-hydrogen) atoms. The molecule has 0 saturated heterocycles. The maximum atomic E-state index is 6.09. The molecule has 1 nitrogen and oxygen atoms in total. The summed E-state index contributed by atoms with van der Waals surface area (Å²) in [6.07, 6.45) is 7.52. The van der Waals surface area contributed by atoms with Crippen molar-refractivity contribution in [3.05, 3.63) is 33.8 Å². The zero-order valence-corrected chi connectivity index (χ0v) is 13.8. The highest BCUT2D eigenvalue weighted by atomic mass is 35.5. The van der Waals surface area contributed by atoms with Crippen molar-refractivity contribution in [2.75, 3.05) is 6.26 Å². The maximum absolute atomic E-state index is 6.09. The monoisotopic (exact) mass is 317 g/mol. The fourth-order valence-electron chi connectivity index (χ4n) is 2.77. The minimum atomic E-state index is 0.313. The third kappa shape index (κ3) is 4.04. The Morgan fingerprint density at radius 1 is 1.21 bits per heavy atom. The van der Waals surface area contributed by atoms with Crippen LogP contribution in [-0.2, 0) is 0 Å². The van der Waals surface area contributed by atoms with E-state index in [1.807, 2.05) is 23.9 Å². The lowest BCUT2D eigenvalue weighted by atomic mass is 9.93. The van der Waals surface area contributed by atoms with Gasteiger partial charge in [-0.2, -0.15) is 11.8 Å². The Balaban J connectivity index is 2.02. The van der Waals surface area contributed by atoms with Crippen molar-refractivity contribution in [2.24, 2.45) is 0 Å². The summed E-state index contributed by atoms with van der Waals surface area (Å²) in [5, 5.41) is 5.75. The standard InChI is InChI=1S/C15H21Cl2NS/c1-10(11-7-8-12(16)13(17)9-11)18-14-5-3-4-6-15(14)19-2/h7-10,14-15,18H,3-6H2,1-2H3. The SMILES string of the molecule is CSC1CCCCC1NC(C)c1ccc(Cl)c(Cl)c1. The van der Waals surface area contributed by atoms with Crippen LogP contribution >= 0.6 is 35.0 Å². The van der Waals surface area contributed by atoms with Crippen LogP contribution in [0.1, 0.15) is 44.2 Å². The van der Waals surface area contributed by atoms with Crippen molar-refractivity contribution in [1.82, 2.24) is 5.32 Å². The third-order valence-electron chi connectivity index (χ3n) is 3.91. The van der Waals surface area contributed by atoms with Gasteiger partial charge >= 0.3 is 0 Å². The highest BCUT2D eigenvalue weighted by molar-refractivity contribution is 7.99. The average Bonchev–Trinajstić information content (AvgIpc) is 2.42. The van der Waals surface area contributed by atoms with Gasteiger partial charge in [-0.1, -0.05) is 42.1 Å². The molecule has 0 bridgehead atoms. The van der Waals surface area contributed by atoms with Gasteiger partial charge in [-0.3, -0.25) is 0 Å². The van der Waals surface area contributed by atoms with Crippen molar-refractivity contribution < 1.29 is 0 Å². The van der Waals surface area contributed by atoms with E-state index >= 15 is 0 Å². The fourth-order valence-corrected chi connectivity index (χ4v) is 4.02. The van der Waals surface area contributed by atoms with E-state index in [1.54, 1.807) is 0 Å². The summed E-state index contributed by atoms with van der Waals surface area (Å²) in [7, 11) is 0. The molecule has 3 unspecified atom stereocenters. The van der Waals surface area contributed by atoms with Crippen LogP contribution in [-0.4, -0.2) is 17.5 Å². The van der Waals surface area contributed by atoms with Gasteiger partial charge in [-0.25, -0.2) is 0 Å². The summed E-state index contributed by atoms with van der Waals surface area (Å²) >= 11 is 14.0. The van der Waals surface area contributed by atoms with Crippen LogP contribution in [0.15, 0.2) is 18.2 Å². The number of benzene rings is 1. The van der Waals surface area contributed by atoms with E-state index < -0.39 is 0 Å². The molecule has 0 aromatic heterocycles. The maximum Gasteiger partial charge on any atom is 0.0595 e. The molecule has 1 N–H and O–H groups in total. The van der Waals surface area contributed by atoms with Crippen molar-refractivity contribution in [1.29, 1.82) is 0 Å². The zero-order chi connectivity index (χ0) is 13.8. The first kappa shape index (κ1) is 15.5. The molecule has 0 radical (unpaired) electrons. The van der Waals surface area contributed by atoms with Crippen LogP contribution < -0.4 is 5.32 Å². The molecule has 1 saturated carbocycles. The number of halogens is 2. The van der Waals surface area contributed by atoms with Crippen LogP contribution in [0.25, 0.3) is 0 Å². The summed E-state index contributed by atoms with van der Waals surface area (Å²) in [6, 6.07) is 6.83. The number of hydrogen-bond donors (Lipinski definition) is 1. The van der Waals surface area contributed by atoms with E-state index in [0.717, 1.165) is 5.25 Å². The average molecular weight is 318 g/mol. The van der Waals surface area contributed by atoms with Crippen molar-refractivity contribution >= 4 is 35.0 Å². The fraction of sp³-hybridized carbons (Fsp3) is 0.600. The number of hydrogen-bond acceptors (Lipinski definition) is 2. The van der Waals surface area contributed by atoms with Crippen LogP contribution in [0.4, 0.5) is 0 Å². The largest absolute Gasteiger partial charge is 0.306 e. The van der Waals surface area contributed by atoms with Crippen LogP contribution in [0.3, 0.4) is 0 Å². The highest BCUT2D eigenvalue weighted by Gasteiger charge is 2.25. The van der Waals surface area contributed by atoms with Gasteiger partial charge in [0.15, 0.2) is 0 Å². The van der Waals surface area contributed by atoms with E-state index in [-0.39, 0.29) is 0 Å². The molecule has 4 heteroatoms. The molecule has 1 aliphatic carbocycles. The summed E-state index contributed by atoms with van der Waals surface area (Å²) in [5.74, 6) is 0. The summed E-state index contributed by atoms with van der Waals surface area (Å²) < 4.78 is 0. The normalized spacial score (nSPS) is 25.3. The van der Waals surface area contributed by atoms with Gasteiger partial charge in [0, 0.05) is 17.3 Å². The molecule has 106 valence electrons. The summed E-state index contributed by atoms with van der Waals surface area (Å²) in [6.45, 7) is 2.20. The second-order valence-corrected chi connectivity index (χ2v) is 7.12. The molecule has 1 fully saturated rings. The number of nitrogens with one attached hydrogen (secondary N) is 1. The first-order chi connectivity index (χ1) is 9.11. The molecule has 1 aromatic rings. The molecule has 0 aliphatic heterocycles. The van der Waals surface area contributed by atoms with Gasteiger partial charge in [-0.05, 0) is 43.7 Å². The molecule has 3 atom stereocenters. The van der Waals surface area contributed by atoms with Gasteiger partial charge in [0.25, 0.3) is 0 Å². The van der Waals surface area contributed by atoms with Crippen molar-refractivity contribution in [3.8, 4) is 0 Å². The Bertz CT molecular complexity index is 425. The van der Waals surface area contributed by atoms with E-state index in [9.17, 15) is 0 Å². The first-order valence-corrected chi connectivity index (χ1v) is 8.90. The van der Waals surface area contributed by atoms with Crippen molar-refractivity contribution in [2.45, 2.75) is 49.9 Å². The Morgan fingerprint density at radius 3 is 2.63 bits per heavy atom. The van der Waals surface area contributed by atoms with E-state index in [4.69, 9.17) is 23.2 Å². The van der Waals surface area contributed by atoms with E-state index in [1.165, 1.54) is 31.2 Å². The topological polar surface area (TPSA) is 12.0 Å². The highest BCUT2D eigenvalue weighted by Crippen LogP contribution is 2.30. The molecule has 0 heterocycles. The number of thioether (sulfide) groups is 1. The first-order valence-electron chi connectivity index (χ1n) is 6.85. The van der Waals surface area contributed by atoms with Crippen molar-refractivity contribution in [3.63, 3.8) is 0 Å². The Hall–Kier alpha value is 0.110. The van der Waals surface area contributed by atoms with Gasteiger partial charge in [0.2, 0.25) is 0 Å². The lowest BCUT2D eigenvalue weighted by molar-refractivity contribution is 0.356. The molecule has 0 amide bonds. The van der Waals surface area contributed by atoms with Gasteiger partial charge in [0.05, 0.1) is 10.0 Å². The van der Waals surface area contributed by atoms with E-state index in [0.29, 0.717) is 22.1 Å². The zero-order valence-electron chi connectivity index (χ0n) is 11.5. The molecule has 1 aromatic carbocycles. The quantitative estimate of drug-likeness (QED) is 0.806. The second-order valence-electron chi connectivity index (χ2n) is 5.23. The molecular formula is C15H21Cl2NS. The lowest BCUT2D eigenvalue weighted by Gasteiger charge is -2.33. The van der Waals surface area contributed by atoms with Gasteiger partial charge < -0.3 is 5.32 Å². The minimum absolute atomic E-state index is 0.313. The van der Waals surface area contributed by atoms with Gasteiger partial charge in [-0.15, -0.1) is 0 Å². The predicted octanol–water partition coefficient (Wildman–Crippen LogP) is 5.32. The second kappa shape index (κ2) is 7.21. The summed E-state index contributed by atoms with van der Waals surface area (Å²) in [4.78, 5) is 0. The Labute approximate surface area is 130 Å². The number of rotatable bonds is 4. The lowest BCUT2D eigenvalue weighted by Crippen LogP contribution is -2.41. The van der Waals surface area contributed by atoms with Crippen LogP contribution in [0.5, 0.6) is 0 Å². The molecule has 0 spiro atoms. The third-order valence-corrected chi connectivity index (χ3v) is 5.82. The van der Waals surface area contributed by atoms with Gasteiger partial charge in [0.1, 0.15) is 0 Å². The van der Waals surface area contributed by atoms with E-state index in [2.05, 4.69) is 24.6 Å². The summed E-state index contributed by atoms with van der Waals surface area (Å²) in [5.41, 5.74) is 1.21. The smallest absolute Gasteiger partial charge is 0.0595 e. The molecular weight excluding hydrogens is 297 g/mol. The Morgan fingerprint density at radius 2 is 1.95 bits per heavy atom. The molecule has 1 aliphatic rings. The Kier molecular flexibility index (Phi) is 5.88. The van der Waals surface area contributed by atoms with Crippen LogP contribution in [0.2, 0.25) is 10.0 Å².